The highest BCUT2D eigenvalue weighted by Crippen LogP contribution is 2.44. The maximum Gasteiger partial charge on any atom is 0.0467 e. The largest absolute Gasteiger partial charge is 0.310 e. The standard InChI is InChI=1S/C58H39N/c1-3-15-40(16-4-1)45-20-13-21-48(39-45)59(47-36-31-43(32-37-47)51-38-33-41-17-7-8-22-49(41)57(51)44-18-5-2-6-19-44)46-34-29-42(30-35-46)50-27-14-28-56-54-24-10-9-23-52(54)53-25-11-12-26-55(53)58(50)56/h1-39H. The SMILES string of the molecule is c1ccc(-c2cccc(N(c3ccc(-c4ccc5ccccc5c4-c4ccccc4)cc3)c3ccc(-c4cccc5c6ccccc6c6ccccc6c45)cc3)c2)cc1. The van der Waals surface area contributed by atoms with Crippen molar-refractivity contribution in [2.75, 3.05) is 4.90 Å². The fourth-order valence-electron chi connectivity index (χ4n) is 9.11. The molecule has 0 spiro atoms. The van der Waals surface area contributed by atoms with Gasteiger partial charge in [0.1, 0.15) is 0 Å². The highest BCUT2D eigenvalue weighted by molar-refractivity contribution is 6.28. The molecule has 0 aromatic heterocycles. The van der Waals surface area contributed by atoms with Gasteiger partial charge in [0.05, 0.1) is 0 Å². The van der Waals surface area contributed by atoms with E-state index in [9.17, 15) is 0 Å². The van der Waals surface area contributed by atoms with Crippen LogP contribution in [0, 0.1) is 0 Å². The molecule has 0 saturated heterocycles. The van der Waals surface area contributed by atoms with E-state index in [1.165, 1.54) is 87.6 Å². The number of benzene rings is 11. The maximum absolute atomic E-state index is 2.38. The van der Waals surface area contributed by atoms with Crippen LogP contribution >= 0.6 is 0 Å². The molecule has 0 aliphatic carbocycles. The third kappa shape index (κ3) is 6.12. The van der Waals surface area contributed by atoms with Gasteiger partial charge in [-0.3, -0.25) is 0 Å². The molecule has 276 valence electrons. The van der Waals surface area contributed by atoms with Crippen LogP contribution in [-0.4, -0.2) is 0 Å². The molecule has 0 radical (unpaired) electrons. The number of fused-ring (bicyclic) bond motifs is 7. The molecule has 11 rings (SSSR count). The van der Waals surface area contributed by atoms with Crippen molar-refractivity contribution < 1.29 is 0 Å². The predicted molar refractivity (Wildman–Crippen MR) is 253 cm³/mol. The smallest absolute Gasteiger partial charge is 0.0467 e. The molecule has 0 aliphatic heterocycles. The van der Waals surface area contributed by atoms with E-state index in [0.29, 0.717) is 0 Å². The summed E-state index contributed by atoms with van der Waals surface area (Å²) in [5, 5.41) is 10.2. The zero-order chi connectivity index (χ0) is 39.1. The molecule has 0 fully saturated rings. The van der Waals surface area contributed by atoms with Crippen molar-refractivity contribution in [2.24, 2.45) is 0 Å². The van der Waals surface area contributed by atoms with Gasteiger partial charge >= 0.3 is 0 Å². The van der Waals surface area contributed by atoms with Crippen LogP contribution in [0.5, 0.6) is 0 Å². The molecule has 0 unspecified atom stereocenters. The van der Waals surface area contributed by atoms with Crippen molar-refractivity contribution in [2.45, 2.75) is 0 Å². The van der Waals surface area contributed by atoms with E-state index in [4.69, 9.17) is 0 Å². The number of anilines is 3. The van der Waals surface area contributed by atoms with Gasteiger partial charge in [0.15, 0.2) is 0 Å². The van der Waals surface area contributed by atoms with E-state index in [-0.39, 0.29) is 0 Å². The summed E-state index contributed by atoms with van der Waals surface area (Å²) in [5.74, 6) is 0. The Labute approximate surface area is 344 Å². The average molecular weight is 750 g/mol. The molecule has 1 heteroatoms. The molecule has 1 nitrogen and oxygen atoms in total. The van der Waals surface area contributed by atoms with Crippen LogP contribution in [0.4, 0.5) is 17.1 Å². The molecule has 0 saturated carbocycles. The van der Waals surface area contributed by atoms with Crippen molar-refractivity contribution >= 4 is 60.2 Å². The quantitative estimate of drug-likeness (QED) is 0.147. The Morgan fingerprint density at radius 2 is 0.712 bits per heavy atom. The number of hydrogen-bond acceptors (Lipinski definition) is 1. The molecular weight excluding hydrogens is 711 g/mol. The Bertz CT molecular complexity index is 3250. The van der Waals surface area contributed by atoms with Gasteiger partial charge in [-0.25, -0.2) is 0 Å². The third-order valence-corrected chi connectivity index (χ3v) is 11.8. The van der Waals surface area contributed by atoms with Crippen molar-refractivity contribution in [3.63, 3.8) is 0 Å². The molecule has 0 bridgehead atoms. The topological polar surface area (TPSA) is 3.24 Å². The van der Waals surface area contributed by atoms with E-state index < -0.39 is 0 Å². The fraction of sp³-hybridized carbons (Fsp3) is 0. The molecule has 59 heavy (non-hydrogen) atoms. The molecule has 0 amide bonds. The van der Waals surface area contributed by atoms with Crippen LogP contribution < -0.4 is 4.90 Å². The minimum Gasteiger partial charge on any atom is -0.310 e. The Morgan fingerprint density at radius 3 is 1.36 bits per heavy atom. The first-order chi connectivity index (χ1) is 29.3. The van der Waals surface area contributed by atoms with Gasteiger partial charge in [0.25, 0.3) is 0 Å². The summed E-state index contributed by atoms with van der Waals surface area (Å²) >= 11 is 0. The first-order valence-electron chi connectivity index (χ1n) is 20.3. The van der Waals surface area contributed by atoms with Crippen LogP contribution in [0.15, 0.2) is 237 Å². The minimum atomic E-state index is 1.09. The van der Waals surface area contributed by atoms with Crippen LogP contribution in [-0.2, 0) is 0 Å². The normalized spacial score (nSPS) is 11.4. The van der Waals surface area contributed by atoms with E-state index >= 15 is 0 Å². The molecule has 11 aromatic rings. The van der Waals surface area contributed by atoms with Crippen molar-refractivity contribution in [1.82, 2.24) is 0 Å². The molecule has 0 N–H and O–H groups in total. The fourth-order valence-corrected chi connectivity index (χ4v) is 9.11. The molecule has 0 aliphatic rings. The Balaban J connectivity index is 1.05. The lowest BCUT2D eigenvalue weighted by atomic mass is 9.89. The summed E-state index contributed by atoms with van der Waals surface area (Å²) in [6.07, 6.45) is 0. The van der Waals surface area contributed by atoms with E-state index in [1.54, 1.807) is 0 Å². The lowest BCUT2D eigenvalue weighted by molar-refractivity contribution is 1.28. The second-order valence-electron chi connectivity index (χ2n) is 15.2. The average Bonchev–Trinajstić information content (AvgIpc) is 3.32. The highest BCUT2D eigenvalue weighted by atomic mass is 15.1. The lowest BCUT2D eigenvalue weighted by Crippen LogP contribution is -2.10. The van der Waals surface area contributed by atoms with Gasteiger partial charge in [-0.15, -0.1) is 0 Å². The summed E-state index contributed by atoms with van der Waals surface area (Å²) in [6, 6.07) is 86.1. The Kier molecular flexibility index (Phi) is 8.56. The lowest BCUT2D eigenvalue weighted by Gasteiger charge is -2.27. The second kappa shape index (κ2) is 14.6. The summed E-state index contributed by atoms with van der Waals surface area (Å²) < 4.78 is 0. The highest BCUT2D eigenvalue weighted by Gasteiger charge is 2.18. The summed E-state index contributed by atoms with van der Waals surface area (Å²) in [6.45, 7) is 0. The van der Waals surface area contributed by atoms with Crippen molar-refractivity contribution in [1.29, 1.82) is 0 Å². The number of hydrogen-bond donors (Lipinski definition) is 0. The van der Waals surface area contributed by atoms with Crippen LogP contribution in [0.3, 0.4) is 0 Å². The predicted octanol–water partition coefficient (Wildman–Crippen LogP) is 16.4. The van der Waals surface area contributed by atoms with Crippen molar-refractivity contribution in [3.05, 3.63) is 237 Å². The Morgan fingerprint density at radius 1 is 0.237 bits per heavy atom. The van der Waals surface area contributed by atoms with E-state index in [1.807, 2.05) is 0 Å². The number of rotatable bonds is 7. The van der Waals surface area contributed by atoms with E-state index in [0.717, 1.165) is 17.1 Å². The van der Waals surface area contributed by atoms with Gasteiger partial charge in [-0.2, -0.15) is 0 Å². The second-order valence-corrected chi connectivity index (χ2v) is 15.2. The zero-order valence-corrected chi connectivity index (χ0v) is 32.5. The summed E-state index contributed by atoms with van der Waals surface area (Å²) in [4.78, 5) is 2.38. The monoisotopic (exact) mass is 749 g/mol. The summed E-state index contributed by atoms with van der Waals surface area (Å²) in [7, 11) is 0. The zero-order valence-electron chi connectivity index (χ0n) is 32.5. The third-order valence-electron chi connectivity index (χ3n) is 11.8. The first kappa shape index (κ1) is 34.5. The van der Waals surface area contributed by atoms with Crippen molar-refractivity contribution in [3.8, 4) is 44.5 Å². The van der Waals surface area contributed by atoms with Gasteiger partial charge in [0.2, 0.25) is 0 Å². The molecule has 0 atom stereocenters. The van der Waals surface area contributed by atoms with Gasteiger partial charge in [-0.05, 0) is 124 Å². The first-order valence-corrected chi connectivity index (χ1v) is 20.3. The molecule has 11 aromatic carbocycles. The van der Waals surface area contributed by atoms with Crippen LogP contribution in [0.2, 0.25) is 0 Å². The van der Waals surface area contributed by atoms with E-state index in [2.05, 4.69) is 241 Å². The minimum absolute atomic E-state index is 1.09. The number of nitrogens with zero attached hydrogens (tertiary/aromatic N) is 1. The summed E-state index contributed by atoms with van der Waals surface area (Å²) in [5.41, 5.74) is 13.0. The molecule has 0 heterocycles. The van der Waals surface area contributed by atoms with Crippen LogP contribution in [0.25, 0.3) is 87.6 Å². The van der Waals surface area contributed by atoms with Crippen LogP contribution in [0.1, 0.15) is 0 Å². The van der Waals surface area contributed by atoms with Gasteiger partial charge in [0, 0.05) is 17.1 Å². The van der Waals surface area contributed by atoms with Gasteiger partial charge < -0.3 is 4.90 Å². The maximum atomic E-state index is 2.38. The molecular formula is C58H39N. The van der Waals surface area contributed by atoms with Gasteiger partial charge in [-0.1, -0.05) is 200 Å². The Hall–Kier alpha value is -7.74.